The van der Waals surface area contributed by atoms with E-state index in [1.165, 1.54) is 31.0 Å². The second-order valence-electron chi connectivity index (χ2n) is 15.4. The summed E-state index contributed by atoms with van der Waals surface area (Å²) < 4.78 is 72.7. The Morgan fingerprint density at radius 2 is 1.69 bits per heavy atom. The summed E-state index contributed by atoms with van der Waals surface area (Å²) in [5.74, 6) is -1.03. The van der Waals surface area contributed by atoms with Crippen LogP contribution in [0, 0.1) is 11.7 Å². The number of amides is 1. The van der Waals surface area contributed by atoms with Gasteiger partial charge in [0.1, 0.15) is 17.3 Å². The van der Waals surface area contributed by atoms with Gasteiger partial charge in [0.15, 0.2) is 0 Å². The predicted octanol–water partition coefficient (Wildman–Crippen LogP) is 8.69. The van der Waals surface area contributed by atoms with E-state index in [1.54, 1.807) is 36.5 Å². The van der Waals surface area contributed by atoms with E-state index in [0.29, 0.717) is 99.5 Å². The van der Waals surface area contributed by atoms with Gasteiger partial charge in [-0.2, -0.15) is 18.3 Å². The van der Waals surface area contributed by atoms with Gasteiger partial charge in [-0.25, -0.2) is 4.39 Å². The first-order valence-corrected chi connectivity index (χ1v) is 19.9. The fraction of sp³-hybridized carbons (Fsp3) is 0.386. The summed E-state index contributed by atoms with van der Waals surface area (Å²) in [5, 5.41) is 21.0. The Hall–Kier alpha value is -5.18. The number of methoxy groups -OCH3 is 2. The Morgan fingerprint density at radius 3 is 2.37 bits per heavy atom. The second-order valence-corrected chi connectivity index (χ2v) is 15.7. The molecule has 1 atom stereocenters. The third-order valence-corrected chi connectivity index (χ3v) is 12.1. The average molecular weight is 836 g/mol. The van der Waals surface area contributed by atoms with Crippen molar-refractivity contribution >= 4 is 34.4 Å². The van der Waals surface area contributed by atoms with Crippen molar-refractivity contribution in [2.24, 2.45) is 5.92 Å². The maximum atomic E-state index is 15.7. The van der Waals surface area contributed by atoms with Crippen LogP contribution in [-0.4, -0.2) is 71.6 Å². The number of nitrogens with zero attached hydrogens (tertiary/aromatic N) is 3. The third-order valence-electron chi connectivity index (χ3n) is 11.7. The van der Waals surface area contributed by atoms with Gasteiger partial charge in [0, 0.05) is 65.8 Å². The van der Waals surface area contributed by atoms with Crippen LogP contribution < -0.4 is 20.1 Å². The topological polar surface area (TPSA) is 118 Å². The molecule has 5 aromatic rings. The number of nitrogens with one attached hydrogen (secondary N) is 2. The van der Waals surface area contributed by atoms with Gasteiger partial charge in [-0.1, -0.05) is 41.9 Å². The molecule has 2 aliphatic rings. The molecule has 7 rings (SSSR count). The van der Waals surface area contributed by atoms with E-state index in [-0.39, 0.29) is 43.2 Å². The summed E-state index contributed by atoms with van der Waals surface area (Å²) in [6, 6.07) is 16.6. The van der Waals surface area contributed by atoms with E-state index < -0.39 is 29.4 Å². The molecule has 1 aromatic heterocycles. The van der Waals surface area contributed by atoms with Crippen LogP contribution in [0.4, 0.5) is 17.6 Å². The molecule has 0 bridgehead atoms. The van der Waals surface area contributed by atoms with Crippen LogP contribution in [0.15, 0.2) is 66.9 Å². The quantitative estimate of drug-likeness (QED) is 0.0952. The highest BCUT2D eigenvalue weighted by Crippen LogP contribution is 2.42. The van der Waals surface area contributed by atoms with Crippen molar-refractivity contribution in [3.05, 3.63) is 100.0 Å². The normalized spacial score (nSPS) is 18.4. The van der Waals surface area contributed by atoms with Gasteiger partial charge < -0.3 is 25.2 Å². The smallest absolute Gasteiger partial charge is 0.416 e. The van der Waals surface area contributed by atoms with Gasteiger partial charge in [0.2, 0.25) is 5.91 Å². The minimum Gasteiger partial charge on any atom is -0.496 e. The third kappa shape index (κ3) is 9.04. The molecule has 1 saturated carbocycles. The highest BCUT2D eigenvalue weighted by molar-refractivity contribution is 6.36. The molecule has 4 aromatic carbocycles. The van der Waals surface area contributed by atoms with Gasteiger partial charge in [-0.05, 0) is 86.2 Å². The molecule has 0 unspecified atom stereocenters. The Balaban J connectivity index is 1.15. The zero-order chi connectivity index (χ0) is 42.0. The van der Waals surface area contributed by atoms with Crippen molar-refractivity contribution in [2.45, 2.75) is 76.4 Å². The number of aliphatic carboxylic acids is 1. The predicted molar refractivity (Wildman–Crippen MR) is 217 cm³/mol. The monoisotopic (exact) mass is 835 g/mol. The molecule has 2 fully saturated rings. The summed E-state index contributed by atoms with van der Waals surface area (Å²) in [5.41, 5.74) is 2.87. The number of benzene rings is 4. The zero-order valence-electron chi connectivity index (χ0n) is 33.0. The molecule has 3 N–H and O–H groups in total. The van der Waals surface area contributed by atoms with Crippen LogP contribution in [0.25, 0.3) is 33.2 Å². The number of fused-ring (bicyclic) bond motifs is 1. The molecule has 1 saturated heterocycles. The number of hydrogen-bond donors (Lipinski definition) is 3. The number of alkyl halides is 3. The number of carboxylic acid groups (broad SMARTS) is 1. The summed E-state index contributed by atoms with van der Waals surface area (Å²) in [6.07, 6.45) is 0.472. The molecule has 0 spiro atoms. The first-order chi connectivity index (χ1) is 28.2. The van der Waals surface area contributed by atoms with E-state index in [9.17, 15) is 27.9 Å². The van der Waals surface area contributed by atoms with Gasteiger partial charge in [0.05, 0.1) is 49.0 Å². The zero-order valence-corrected chi connectivity index (χ0v) is 33.7. The van der Waals surface area contributed by atoms with Gasteiger partial charge in [0.25, 0.3) is 0 Å². The minimum absolute atomic E-state index is 0.00666. The fourth-order valence-corrected chi connectivity index (χ4v) is 8.78. The molecule has 1 aliphatic carbocycles. The van der Waals surface area contributed by atoms with E-state index in [1.807, 2.05) is 24.1 Å². The molecular weight excluding hydrogens is 790 g/mol. The lowest BCUT2D eigenvalue weighted by Crippen LogP contribution is -2.36. The first kappa shape index (κ1) is 42.0. The molecule has 1 amide bonds. The molecular formula is C44H46ClF4N5O5. The Morgan fingerprint density at radius 1 is 0.983 bits per heavy atom. The summed E-state index contributed by atoms with van der Waals surface area (Å²) in [4.78, 5) is 25.0. The molecule has 312 valence electrons. The number of ether oxygens (including phenoxy) is 2. The van der Waals surface area contributed by atoms with E-state index in [0.717, 1.165) is 12.5 Å². The number of carboxylic acids is 1. The van der Waals surface area contributed by atoms with Crippen LogP contribution in [-0.2, 0) is 35.4 Å². The molecule has 1 aliphatic heterocycles. The Labute approximate surface area is 344 Å². The summed E-state index contributed by atoms with van der Waals surface area (Å²) >= 11 is 7.09. The van der Waals surface area contributed by atoms with Gasteiger partial charge >= 0.3 is 12.1 Å². The van der Waals surface area contributed by atoms with E-state index >= 15 is 4.39 Å². The lowest BCUT2D eigenvalue weighted by Gasteiger charge is -2.34. The Bertz CT molecular complexity index is 2360. The number of carbonyl (C=O) groups excluding carboxylic acids is 1. The van der Waals surface area contributed by atoms with Crippen LogP contribution in [0.2, 0.25) is 5.02 Å². The summed E-state index contributed by atoms with van der Waals surface area (Å²) in [7, 11) is 4.74. The van der Waals surface area contributed by atoms with Gasteiger partial charge in [-0.3, -0.25) is 19.2 Å². The van der Waals surface area contributed by atoms with Crippen LogP contribution in [0.5, 0.6) is 11.5 Å². The highest BCUT2D eigenvalue weighted by atomic mass is 35.5. The Kier molecular flexibility index (Phi) is 12.5. The number of halogens is 5. The SMILES string of the molecule is COc1cc(Cn2ncc3c(-c4cccc(-c5cc(F)c(CNC[C@@H]6CCC(=O)N6)c(OC)c5)c4Cl)cccc32)c(C(F)(F)F)cc1CN(C)C1CCC(C(=O)O)CC1. The fourth-order valence-electron chi connectivity index (χ4n) is 8.45. The summed E-state index contributed by atoms with van der Waals surface area (Å²) in [6.45, 7) is 0.690. The van der Waals surface area contributed by atoms with Crippen molar-refractivity contribution < 1.29 is 41.7 Å². The van der Waals surface area contributed by atoms with Crippen LogP contribution in [0.1, 0.15) is 60.8 Å². The molecule has 59 heavy (non-hydrogen) atoms. The van der Waals surface area contributed by atoms with E-state index in [2.05, 4.69) is 15.7 Å². The standard InChI is InChI=1S/C44H46ClF4N5O5/c1-53(30-13-10-25(11-14-30)43(56)57)23-28-16-36(44(47,48)49)27(19-39(28)58-2)24-54-38-9-5-7-32(34(38)22-51-54)33-8-4-6-31(42(33)45)26-17-37(46)35(40(18-26)59-3)21-50-20-29-12-15-41(55)52-29/h4-9,16-19,22,25,29-30,50H,10-15,20-21,23-24H2,1-3H3,(H,52,55)(H,56,57)/t25?,29-,30?/m0/s1. The van der Waals surface area contributed by atoms with Crippen LogP contribution in [0.3, 0.4) is 0 Å². The van der Waals surface area contributed by atoms with Crippen molar-refractivity contribution in [3.8, 4) is 33.8 Å². The second kappa shape index (κ2) is 17.6. The number of rotatable bonds is 14. The number of aromatic nitrogens is 2. The molecule has 2 heterocycles. The lowest BCUT2D eigenvalue weighted by atomic mass is 9.85. The first-order valence-electron chi connectivity index (χ1n) is 19.6. The largest absolute Gasteiger partial charge is 0.496 e. The lowest BCUT2D eigenvalue weighted by molar-refractivity contribution is -0.143. The molecule has 10 nitrogen and oxygen atoms in total. The maximum Gasteiger partial charge on any atom is 0.416 e. The average Bonchev–Trinajstić information content (AvgIpc) is 3.83. The highest BCUT2D eigenvalue weighted by Gasteiger charge is 2.36. The molecule has 0 radical (unpaired) electrons. The van der Waals surface area contributed by atoms with Gasteiger partial charge in [-0.15, -0.1) is 0 Å². The molecule has 15 heteroatoms. The van der Waals surface area contributed by atoms with Crippen LogP contribution >= 0.6 is 11.6 Å². The number of carbonyl (C=O) groups is 2. The van der Waals surface area contributed by atoms with Crippen molar-refractivity contribution in [1.82, 2.24) is 25.3 Å². The minimum atomic E-state index is -4.66. The maximum absolute atomic E-state index is 15.7. The van der Waals surface area contributed by atoms with E-state index in [4.69, 9.17) is 21.1 Å². The van der Waals surface area contributed by atoms with Crippen molar-refractivity contribution in [3.63, 3.8) is 0 Å². The van der Waals surface area contributed by atoms with Crippen molar-refractivity contribution in [1.29, 1.82) is 0 Å². The van der Waals surface area contributed by atoms with Crippen molar-refractivity contribution in [2.75, 3.05) is 27.8 Å². The number of hydrogen-bond acceptors (Lipinski definition) is 7.